The molecule has 0 saturated carbocycles. The highest BCUT2D eigenvalue weighted by Gasteiger charge is 2.24. The Hall–Kier alpha value is -2.20. The zero-order valence-corrected chi connectivity index (χ0v) is 13.3. The Bertz CT molecular complexity index is 664. The number of amidine groups is 1. The fourth-order valence-electron chi connectivity index (χ4n) is 1.71. The number of carbonyl (C=O) groups is 1. The summed E-state index contributed by atoms with van der Waals surface area (Å²) in [5.41, 5.74) is 0. The van der Waals surface area contributed by atoms with Gasteiger partial charge in [-0.3, -0.25) is 4.79 Å². The summed E-state index contributed by atoms with van der Waals surface area (Å²) in [5.74, 6) is -0.164. The average molecular weight is 324 g/mol. The van der Waals surface area contributed by atoms with Gasteiger partial charge < -0.3 is 20.3 Å². The summed E-state index contributed by atoms with van der Waals surface area (Å²) in [4.78, 5) is 32.3. The first-order valence-electron chi connectivity index (χ1n) is 6.45. The molecule has 10 heteroatoms. The molecule has 0 atom stereocenters. The van der Waals surface area contributed by atoms with Crippen LogP contribution in [0.4, 0.5) is 5.82 Å². The van der Waals surface area contributed by atoms with E-state index in [-0.39, 0.29) is 11.7 Å². The second kappa shape index (κ2) is 6.71. The fourth-order valence-corrected chi connectivity index (χ4v) is 2.51. The van der Waals surface area contributed by atoms with E-state index >= 15 is 0 Å². The third kappa shape index (κ3) is 3.71. The van der Waals surface area contributed by atoms with Crippen molar-refractivity contribution in [2.75, 3.05) is 27.2 Å². The smallest absolute Gasteiger partial charge is 0.342 e. The van der Waals surface area contributed by atoms with Crippen LogP contribution >= 0.6 is 11.8 Å². The first-order chi connectivity index (χ1) is 10.4. The lowest BCUT2D eigenvalue weighted by Gasteiger charge is -2.09. The molecule has 2 heterocycles. The zero-order chi connectivity index (χ0) is 16.3. The molecule has 1 aromatic heterocycles. The quantitative estimate of drug-likeness (QED) is 0.476. The van der Waals surface area contributed by atoms with Crippen LogP contribution < -0.4 is 5.32 Å². The number of hydrogen-bond donors (Lipinski definition) is 1. The second-order valence-corrected chi connectivity index (χ2v) is 5.88. The van der Waals surface area contributed by atoms with E-state index in [0.29, 0.717) is 22.4 Å². The molecule has 0 fully saturated rings. The molecular weight excluding hydrogens is 308 g/mol. The Morgan fingerprint density at radius 3 is 2.86 bits per heavy atom. The van der Waals surface area contributed by atoms with Gasteiger partial charge in [0.2, 0.25) is 5.82 Å². The van der Waals surface area contributed by atoms with E-state index in [1.165, 1.54) is 29.5 Å². The van der Waals surface area contributed by atoms with Gasteiger partial charge in [0.25, 0.3) is 5.91 Å². The number of imidazole rings is 1. The fraction of sp³-hybridized carbons (Fsp3) is 0.417. The van der Waals surface area contributed by atoms with Crippen LogP contribution in [0.1, 0.15) is 5.82 Å². The third-order valence-corrected chi connectivity index (χ3v) is 3.84. The van der Waals surface area contributed by atoms with Crippen molar-refractivity contribution in [2.45, 2.75) is 0 Å². The number of likely N-dealkylation sites (N-methyl/N-ethyl adjacent to an activating group) is 1. The van der Waals surface area contributed by atoms with Gasteiger partial charge in [0.1, 0.15) is 6.20 Å². The molecule has 2 rings (SSSR count). The van der Waals surface area contributed by atoms with Crippen molar-refractivity contribution in [2.24, 2.45) is 12.0 Å². The van der Waals surface area contributed by atoms with E-state index in [2.05, 4.69) is 15.3 Å². The van der Waals surface area contributed by atoms with Crippen LogP contribution in [0.2, 0.25) is 0 Å². The van der Waals surface area contributed by atoms with E-state index in [1.807, 2.05) is 19.0 Å². The first kappa shape index (κ1) is 16.2. The highest BCUT2D eigenvalue weighted by molar-refractivity contribution is 8.18. The van der Waals surface area contributed by atoms with Crippen LogP contribution in [0.3, 0.4) is 0 Å². The lowest BCUT2D eigenvalue weighted by molar-refractivity contribution is -0.391. The SMILES string of the molecule is CN(C)CCNC1=NC(=O)/C(=C/c2ncc([N+](=O)[O-])n2C)S1. The molecule has 1 aromatic rings. The minimum absolute atomic E-state index is 0.132. The minimum Gasteiger partial charge on any atom is -0.363 e. The molecule has 0 bridgehead atoms. The van der Waals surface area contributed by atoms with Gasteiger partial charge in [0.05, 0.1) is 12.0 Å². The van der Waals surface area contributed by atoms with Crippen molar-refractivity contribution in [3.8, 4) is 0 Å². The van der Waals surface area contributed by atoms with E-state index in [0.717, 1.165) is 12.7 Å². The number of aliphatic imine (C=N–C) groups is 1. The van der Waals surface area contributed by atoms with Gasteiger partial charge >= 0.3 is 5.82 Å². The lowest BCUT2D eigenvalue weighted by atomic mass is 10.4. The van der Waals surface area contributed by atoms with E-state index in [9.17, 15) is 14.9 Å². The molecule has 0 saturated heterocycles. The maximum Gasteiger partial charge on any atom is 0.342 e. The molecule has 1 aliphatic rings. The van der Waals surface area contributed by atoms with Crippen LogP contribution in [0, 0.1) is 10.1 Å². The molecule has 1 aliphatic heterocycles. The van der Waals surface area contributed by atoms with E-state index in [1.54, 1.807) is 0 Å². The predicted octanol–water partition coefficient (Wildman–Crippen LogP) is 0.450. The molecule has 9 nitrogen and oxygen atoms in total. The predicted molar refractivity (Wildman–Crippen MR) is 84.4 cm³/mol. The maximum absolute atomic E-state index is 11.8. The summed E-state index contributed by atoms with van der Waals surface area (Å²) < 4.78 is 1.32. The monoisotopic (exact) mass is 324 g/mol. The number of thioether (sulfide) groups is 1. The molecule has 0 spiro atoms. The molecule has 118 valence electrons. The van der Waals surface area contributed by atoms with Crippen molar-refractivity contribution in [1.29, 1.82) is 0 Å². The molecular formula is C12H16N6O3S. The molecule has 1 N–H and O–H groups in total. The van der Waals surface area contributed by atoms with Crippen molar-refractivity contribution in [1.82, 2.24) is 19.8 Å². The Kier molecular flexibility index (Phi) is 4.93. The molecule has 22 heavy (non-hydrogen) atoms. The van der Waals surface area contributed by atoms with Gasteiger partial charge in [-0.2, -0.15) is 4.99 Å². The van der Waals surface area contributed by atoms with Gasteiger partial charge in [0, 0.05) is 19.2 Å². The van der Waals surface area contributed by atoms with Crippen molar-refractivity contribution in [3.63, 3.8) is 0 Å². The number of aromatic nitrogens is 2. The van der Waals surface area contributed by atoms with Crippen LogP contribution in [0.25, 0.3) is 6.08 Å². The highest BCUT2D eigenvalue weighted by atomic mass is 32.2. The number of hydrogen-bond acceptors (Lipinski definition) is 7. The van der Waals surface area contributed by atoms with E-state index < -0.39 is 4.92 Å². The number of nitrogens with one attached hydrogen (secondary N) is 1. The van der Waals surface area contributed by atoms with Crippen molar-refractivity contribution < 1.29 is 9.72 Å². The first-order valence-corrected chi connectivity index (χ1v) is 7.27. The molecule has 0 unspecified atom stereocenters. The maximum atomic E-state index is 11.8. The van der Waals surface area contributed by atoms with Gasteiger partial charge in [-0.05, 0) is 30.8 Å². The van der Waals surface area contributed by atoms with Gasteiger partial charge in [-0.1, -0.05) is 0 Å². The number of amides is 1. The average Bonchev–Trinajstić information content (AvgIpc) is 2.94. The van der Waals surface area contributed by atoms with Gasteiger partial charge in [-0.15, -0.1) is 0 Å². The number of carbonyl (C=O) groups excluding carboxylic acids is 1. The van der Waals surface area contributed by atoms with Crippen molar-refractivity contribution >= 4 is 34.7 Å². The normalized spacial score (nSPS) is 16.5. The number of nitrogens with zero attached hydrogens (tertiary/aromatic N) is 5. The van der Waals surface area contributed by atoms with Crippen LogP contribution in [-0.4, -0.2) is 57.6 Å². The molecule has 0 aromatic carbocycles. The Morgan fingerprint density at radius 1 is 1.55 bits per heavy atom. The molecule has 0 radical (unpaired) electrons. The number of rotatable bonds is 5. The topological polar surface area (TPSA) is 106 Å². The summed E-state index contributed by atoms with van der Waals surface area (Å²) in [6, 6.07) is 0. The third-order valence-electron chi connectivity index (χ3n) is 2.90. The summed E-state index contributed by atoms with van der Waals surface area (Å²) in [7, 11) is 5.43. The summed E-state index contributed by atoms with van der Waals surface area (Å²) in [5, 5.41) is 14.4. The Balaban J connectivity index is 2.06. The highest BCUT2D eigenvalue weighted by Crippen LogP contribution is 2.27. The van der Waals surface area contributed by atoms with Crippen LogP contribution in [-0.2, 0) is 11.8 Å². The summed E-state index contributed by atoms with van der Waals surface area (Å²) in [6.07, 6.45) is 2.66. The minimum atomic E-state index is -0.524. The Morgan fingerprint density at radius 2 is 2.27 bits per heavy atom. The number of nitro groups is 1. The van der Waals surface area contributed by atoms with Gasteiger partial charge in [-0.25, -0.2) is 9.55 Å². The zero-order valence-electron chi connectivity index (χ0n) is 12.4. The molecule has 1 amide bonds. The largest absolute Gasteiger partial charge is 0.363 e. The van der Waals surface area contributed by atoms with Crippen molar-refractivity contribution in [3.05, 3.63) is 27.0 Å². The summed E-state index contributed by atoms with van der Waals surface area (Å²) in [6.45, 7) is 1.49. The Labute approximate surface area is 131 Å². The lowest BCUT2D eigenvalue weighted by Crippen LogP contribution is -2.29. The molecule has 0 aliphatic carbocycles. The van der Waals surface area contributed by atoms with Crippen LogP contribution in [0.5, 0.6) is 0 Å². The van der Waals surface area contributed by atoms with Gasteiger partial charge in [0.15, 0.2) is 5.17 Å². The summed E-state index contributed by atoms with van der Waals surface area (Å²) >= 11 is 1.20. The van der Waals surface area contributed by atoms with E-state index in [4.69, 9.17) is 0 Å². The second-order valence-electron chi connectivity index (χ2n) is 4.85. The standard InChI is InChI=1S/C12H16N6O3S/c1-16(2)5-4-13-12-15-11(19)8(22-12)6-9-14-7-10(17(9)3)18(20)21/h6-7H,4-5H2,1-3H3,(H,13,15,19)/b8-6-. The van der Waals surface area contributed by atoms with Crippen LogP contribution in [0.15, 0.2) is 16.1 Å².